The molecule has 1 N–H and O–H groups in total. The van der Waals surface area contributed by atoms with Crippen LogP contribution in [0, 0.1) is 11.6 Å². The molecule has 0 aliphatic rings. The highest BCUT2D eigenvalue weighted by atomic mass is 35.5. The van der Waals surface area contributed by atoms with Crippen molar-refractivity contribution in [1.82, 2.24) is 0 Å². The largest absolute Gasteiger partial charge is 0.488 e. The van der Waals surface area contributed by atoms with Crippen molar-refractivity contribution >= 4 is 17.6 Å². The first-order valence-electron chi connectivity index (χ1n) is 5.57. The molecule has 0 saturated carbocycles. The van der Waals surface area contributed by atoms with Crippen LogP contribution in [0.5, 0.6) is 5.75 Å². The van der Waals surface area contributed by atoms with E-state index in [4.69, 9.17) is 21.4 Å². The van der Waals surface area contributed by atoms with E-state index in [1.54, 1.807) is 0 Å². The van der Waals surface area contributed by atoms with Crippen LogP contribution in [-0.2, 0) is 6.61 Å². The average Bonchev–Trinajstić information content (AvgIpc) is 2.38. The SMILES string of the molecule is O=C(O)c1cc(F)ccc1OCc1ccc(F)cc1Cl. The van der Waals surface area contributed by atoms with Gasteiger partial charge in [-0.05, 0) is 30.3 Å². The Morgan fingerprint density at radius 3 is 2.45 bits per heavy atom. The number of carboxylic acids is 1. The van der Waals surface area contributed by atoms with Crippen LogP contribution in [0.1, 0.15) is 15.9 Å². The first kappa shape index (κ1) is 14.3. The highest BCUT2D eigenvalue weighted by Crippen LogP contribution is 2.23. The molecule has 0 unspecified atom stereocenters. The molecule has 2 aromatic carbocycles. The molecule has 6 heteroatoms. The molecule has 0 amide bonds. The topological polar surface area (TPSA) is 46.5 Å². The fourth-order valence-electron chi connectivity index (χ4n) is 1.59. The fraction of sp³-hybridized carbons (Fsp3) is 0.0714. The zero-order valence-corrected chi connectivity index (χ0v) is 10.8. The van der Waals surface area contributed by atoms with Crippen molar-refractivity contribution in [2.45, 2.75) is 6.61 Å². The van der Waals surface area contributed by atoms with Gasteiger partial charge in [0.15, 0.2) is 0 Å². The van der Waals surface area contributed by atoms with Crippen LogP contribution in [0.2, 0.25) is 5.02 Å². The van der Waals surface area contributed by atoms with E-state index in [0.717, 1.165) is 18.2 Å². The van der Waals surface area contributed by atoms with Crippen LogP contribution < -0.4 is 4.74 Å². The van der Waals surface area contributed by atoms with Crippen molar-refractivity contribution in [3.63, 3.8) is 0 Å². The Kier molecular flexibility index (Phi) is 4.20. The standard InChI is InChI=1S/C14H9ClF2O3/c15-12-6-10(17)2-1-8(12)7-20-13-4-3-9(16)5-11(13)14(18)19/h1-6H,7H2,(H,18,19). The molecule has 0 aliphatic heterocycles. The lowest BCUT2D eigenvalue weighted by Gasteiger charge is -2.10. The van der Waals surface area contributed by atoms with Gasteiger partial charge in [-0.1, -0.05) is 17.7 Å². The van der Waals surface area contributed by atoms with E-state index < -0.39 is 17.6 Å². The summed E-state index contributed by atoms with van der Waals surface area (Å²) in [5, 5.41) is 9.13. The molecule has 0 saturated heterocycles. The number of carbonyl (C=O) groups is 1. The van der Waals surface area contributed by atoms with Crippen LogP contribution in [0.15, 0.2) is 36.4 Å². The summed E-state index contributed by atoms with van der Waals surface area (Å²) in [6.07, 6.45) is 0. The van der Waals surface area contributed by atoms with E-state index in [1.807, 2.05) is 0 Å². The second-order valence-corrected chi connectivity index (χ2v) is 4.38. The van der Waals surface area contributed by atoms with Gasteiger partial charge in [-0.15, -0.1) is 0 Å². The molecule has 2 aromatic rings. The minimum absolute atomic E-state index is 0.0132. The number of ether oxygens (including phenoxy) is 1. The summed E-state index contributed by atoms with van der Waals surface area (Å²) in [4.78, 5) is 11.0. The fourth-order valence-corrected chi connectivity index (χ4v) is 1.81. The van der Waals surface area contributed by atoms with Gasteiger partial charge in [0.1, 0.15) is 29.6 Å². The lowest BCUT2D eigenvalue weighted by Crippen LogP contribution is -2.04. The highest BCUT2D eigenvalue weighted by molar-refractivity contribution is 6.31. The predicted octanol–water partition coefficient (Wildman–Crippen LogP) is 3.90. The summed E-state index contributed by atoms with van der Waals surface area (Å²) in [5.74, 6) is -2.44. The van der Waals surface area contributed by atoms with Crippen molar-refractivity contribution in [3.8, 4) is 5.75 Å². The lowest BCUT2D eigenvalue weighted by atomic mass is 10.2. The molecule has 0 atom stereocenters. The van der Waals surface area contributed by atoms with Crippen LogP contribution in [0.25, 0.3) is 0 Å². The summed E-state index contributed by atoms with van der Waals surface area (Å²) in [6.45, 7) is -0.0506. The van der Waals surface area contributed by atoms with Gasteiger partial charge in [0.25, 0.3) is 0 Å². The number of hydrogen-bond donors (Lipinski definition) is 1. The smallest absolute Gasteiger partial charge is 0.339 e. The Balaban J connectivity index is 2.20. The Bertz CT molecular complexity index is 659. The number of benzene rings is 2. The molecule has 0 fully saturated rings. The van der Waals surface area contributed by atoms with Gasteiger partial charge in [-0.2, -0.15) is 0 Å². The molecule has 0 radical (unpaired) electrons. The zero-order chi connectivity index (χ0) is 14.7. The number of halogens is 3. The summed E-state index contributed by atoms with van der Waals surface area (Å²) in [6, 6.07) is 6.95. The summed E-state index contributed by atoms with van der Waals surface area (Å²) < 4.78 is 31.2. The van der Waals surface area contributed by atoms with E-state index in [-0.39, 0.29) is 22.9 Å². The van der Waals surface area contributed by atoms with E-state index >= 15 is 0 Å². The lowest BCUT2D eigenvalue weighted by molar-refractivity contribution is 0.0691. The maximum Gasteiger partial charge on any atom is 0.339 e. The van der Waals surface area contributed by atoms with E-state index in [0.29, 0.717) is 5.56 Å². The van der Waals surface area contributed by atoms with Gasteiger partial charge in [0, 0.05) is 5.56 Å². The number of aromatic carboxylic acids is 1. The van der Waals surface area contributed by atoms with Gasteiger partial charge in [0.05, 0.1) is 5.02 Å². The summed E-state index contributed by atoms with van der Waals surface area (Å²) in [7, 11) is 0. The molecule has 104 valence electrons. The molecule has 20 heavy (non-hydrogen) atoms. The minimum atomic E-state index is -1.30. The highest BCUT2D eigenvalue weighted by Gasteiger charge is 2.13. The predicted molar refractivity (Wildman–Crippen MR) is 69.1 cm³/mol. The summed E-state index contributed by atoms with van der Waals surface area (Å²) >= 11 is 5.83. The van der Waals surface area contributed by atoms with Crippen molar-refractivity contribution in [1.29, 1.82) is 0 Å². The van der Waals surface area contributed by atoms with Crippen LogP contribution in [-0.4, -0.2) is 11.1 Å². The van der Waals surface area contributed by atoms with Crippen LogP contribution >= 0.6 is 11.6 Å². The minimum Gasteiger partial charge on any atom is -0.488 e. The zero-order valence-electron chi connectivity index (χ0n) is 10.1. The molecule has 0 heterocycles. The first-order valence-corrected chi connectivity index (χ1v) is 5.95. The Morgan fingerprint density at radius 1 is 1.15 bits per heavy atom. The van der Waals surface area contributed by atoms with Crippen molar-refractivity contribution < 1.29 is 23.4 Å². The number of hydrogen-bond acceptors (Lipinski definition) is 2. The van der Waals surface area contributed by atoms with E-state index in [9.17, 15) is 13.6 Å². The number of rotatable bonds is 4. The molecule has 0 aliphatic carbocycles. The first-order chi connectivity index (χ1) is 9.47. The molecular weight excluding hydrogens is 290 g/mol. The molecule has 0 aromatic heterocycles. The van der Waals surface area contributed by atoms with Gasteiger partial charge in [0.2, 0.25) is 0 Å². The van der Waals surface area contributed by atoms with Crippen molar-refractivity contribution in [3.05, 3.63) is 64.2 Å². The van der Waals surface area contributed by atoms with Crippen molar-refractivity contribution in [2.24, 2.45) is 0 Å². The molecule has 3 nitrogen and oxygen atoms in total. The normalized spacial score (nSPS) is 10.3. The van der Waals surface area contributed by atoms with Gasteiger partial charge >= 0.3 is 5.97 Å². The van der Waals surface area contributed by atoms with E-state index in [1.165, 1.54) is 18.2 Å². The average molecular weight is 299 g/mol. The molecule has 0 bridgehead atoms. The third-order valence-electron chi connectivity index (χ3n) is 2.57. The monoisotopic (exact) mass is 298 g/mol. The van der Waals surface area contributed by atoms with Crippen LogP contribution in [0.4, 0.5) is 8.78 Å². The Morgan fingerprint density at radius 2 is 1.80 bits per heavy atom. The van der Waals surface area contributed by atoms with Gasteiger partial charge < -0.3 is 9.84 Å². The number of carboxylic acid groups (broad SMARTS) is 1. The van der Waals surface area contributed by atoms with Crippen LogP contribution in [0.3, 0.4) is 0 Å². The third kappa shape index (κ3) is 3.24. The Labute approximate surface area is 118 Å². The van der Waals surface area contributed by atoms with Gasteiger partial charge in [-0.25, -0.2) is 13.6 Å². The van der Waals surface area contributed by atoms with Gasteiger partial charge in [-0.3, -0.25) is 0 Å². The maximum absolute atomic E-state index is 13.0. The van der Waals surface area contributed by atoms with Crippen molar-refractivity contribution in [2.75, 3.05) is 0 Å². The third-order valence-corrected chi connectivity index (χ3v) is 2.92. The second-order valence-electron chi connectivity index (χ2n) is 3.97. The van der Waals surface area contributed by atoms with E-state index in [2.05, 4.69) is 0 Å². The molecular formula is C14H9ClF2O3. The molecule has 0 spiro atoms. The second kappa shape index (κ2) is 5.88. The quantitative estimate of drug-likeness (QED) is 0.931. The molecule has 2 rings (SSSR count). The summed E-state index contributed by atoms with van der Waals surface area (Å²) in [5.41, 5.74) is 0.206. The Hall–Kier alpha value is -2.14. The maximum atomic E-state index is 13.0.